The summed E-state index contributed by atoms with van der Waals surface area (Å²) in [5.74, 6) is -3.87. The van der Waals surface area contributed by atoms with Crippen LogP contribution in [-0.2, 0) is 28.0 Å². The van der Waals surface area contributed by atoms with Crippen LogP contribution in [0.2, 0.25) is 0 Å². The molecule has 1 heterocycles. The lowest BCUT2D eigenvalue weighted by Crippen LogP contribution is -2.75. The molecular formula is C36H41F2N3O4. The molecule has 0 saturated carbocycles. The summed E-state index contributed by atoms with van der Waals surface area (Å²) in [5.41, 5.74) is -0.442. The number of halogens is 2. The fourth-order valence-corrected chi connectivity index (χ4v) is 7.15. The van der Waals surface area contributed by atoms with E-state index in [1.807, 2.05) is 58.9 Å². The Balaban J connectivity index is 1.69. The van der Waals surface area contributed by atoms with Gasteiger partial charge < -0.3 is 20.6 Å². The second kappa shape index (κ2) is 12.3. The normalized spacial score (nSPS) is 20.7. The Morgan fingerprint density at radius 2 is 1.64 bits per heavy atom. The van der Waals surface area contributed by atoms with Crippen LogP contribution in [0.4, 0.5) is 8.78 Å². The molecule has 2 aliphatic rings. The van der Waals surface area contributed by atoms with Gasteiger partial charge in [0.05, 0.1) is 11.1 Å². The zero-order valence-corrected chi connectivity index (χ0v) is 26.4. The molecule has 3 amide bonds. The molecule has 3 N–H and O–H groups in total. The Kier molecular flexibility index (Phi) is 8.75. The van der Waals surface area contributed by atoms with E-state index in [4.69, 9.17) is 0 Å². The van der Waals surface area contributed by atoms with Crippen molar-refractivity contribution in [2.24, 2.45) is 17.3 Å². The first-order valence-electron chi connectivity index (χ1n) is 15.5. The molecule has 1 aliphatic heterocycles. The summed E-state index contributed by atoms with van der Waals surface area (Å²) in [6.07, 6.45) is 1.72. The van der Waals surface area contributed by atoms with Gasteiger partial charge in [-0.15, -0.1) is 0 Å². The van der Waals surface area contributed by atoms with E-state index < -0.39 is 40.6 Å². The van der Waals surface area contributed by atoms with Crippen LogP contribution in [0.25, 0.3) is 0 Å². The molecule has 0 bridgehead atoms. The van der Waals surface area contributed by atoms with Crippen molar-refractivity contribution in [1.82, 2.24) is 15.5 Å². The lowest BCUT2D eigenvalue weighted by Gasteiger charge is -2.58. The van der Waals surface area contributed by atoms with E-state index >= 15 is 9.18 Å². The summed E-state index contributed by atoms with van der Waals surface area (Å²) < 4.78 is 30.5. The molecule has 45 heavy (non-hydrogen) atoms. The minimum absolute atomic E-state index is 0.00248. The van der Waals surface area contributed by atoms with Gasteiger partial charge in [-0.2, -0.15) is 0 Å². The van der Waals surface area contributed by atoms with Crippen molar-refractivity contribution in [1.29, 1.82) is 0 Å². The van der Waals surface area contributed by atoms with Crippen LogP contribution in [0, 0.1) is 28.9 Å². The number of hydrogen-bond donors (Lipinski definition) is 3. The summed E-state index contributed by atoms with van der Waals surface area (Å²) >= 11 is 0. The number of aromatic hydroxyl groups is 1. The fourth-order valence-electron chi connectivity index (χ4n) is 7.15. The predicted octanol–water partition coefficient (Wildman–Crippen LogP) is 5.50. The topological polar surface area (TPSA) is 98.7 Å². The van der Waals surface area contributed by atoms with Gasteiger partial charge in [0.25, 0.3) is 5.91 Å². The molecule has 1 aliphatic carbocycles. The van der Waals surface area contributed by atoms with E-state index in [-0.39, 0.29) is 47.1 Å². The molecule has 1 fully saturated rings. The van der Waals surface area contributed by atoms with Crippen molar-refractivity contribution >= 4 is 17.7 Å². The van der Waals surface area contributed by atoms with Gasteiger partial charge in [0.2, 0.25) is 11.8 Å². The third-order valence-corrected chi connectivity index (χ3v) is 9.77. The number of amides is 3. The van der Waals surface area contributed by atoms with Crippen molar-refractivity contribution in [2.75, 3.05) is 6.54 Å². The number of para-hydroxylation sites is 1. The average Bonchev–Trinajstić information content (AvgIpc) is 3.42. The van der Waals surface area contributed by atoms with E-state index in [0.717, 1.165) is 23.3 Å². The van der Waals surface area contributed by atoms with Gasteiger partial charge in [-0.05, 0) is 59.4 Å². The van der Waals surface area contributed by atoms with E-state index in [1.54, 1.807) is 12.1 Å². The van der Waals surface area contributed by atoms with Gasteiger partial charge in [0, 0.05) is 18.2 Å². The molecule has 5 rings (SSSR count). The van der Waals surface area contributed by atoms with Crippen molar-refractivity contribution in [3.05, 3.63) is 101 Å². The Morgan fingerprint density at radius 3 is 2.22 bits per heavy atom. The zero-order chi connectivity index (χ0) is 32.7. The summed E-state index contributed by atoms with van der Waals surface area (Å²) in [7, 11) is 0. The van der Waals surface area contributed by atoms with Crippen molar-refractivity contribution in [2.45, 2.75) is 71.5 Å². The number of phenolic OH excluding ortho intramolecular Hbond substituents is 1. The maximum Gasteiger partial charge on any atom is 0.255 e. The van der Waals surface area contributed by atoms with E-state index in [1.165, 1.54) is 23.1 Å². The van der Waals surface area contributed by atoms with E-state index in [2.05, 4.69) is 10.6 Å². The highest BCUT2D eigenvalue weighted by Crippen LogP contribution is 2.49. The van der Waals surface area contributed by atoms with Gasteiger partial charge in [-0.25, -0.2) is 8.78 Å². The minimum Gasteiger partial charge on any atom is -0.507 e. The molecule has 7 nitrogen and oxygen atoms in total. The first kappa shape index (κ1) is 32.1. The van der Waals surface area contributed by atoms with Gasteiger partial charge in [0.1, 0.15) is 29.5 Å². The first-order valence-corrected chi connectivity index (χ1v) is 15.5. The molecule has 0 radical (unpaired) electrons. The summed E-state index contributed by atoms with van der Waals surface area (Å²) in [6, 6.07) is 15.2. The molecule has 0 aromatic heterocycles. The third kappa shape index (κ3) is 5.69. The van der Waals surface area contributed by atoms with Crippen molar-refractivity contribution in [3.8, 4) is 5.75 Å². The third-order valence-electron chi connectivity index (χ3n) is 9.77. The molecule has 3 aromatic rings. The maximum atomic E-state index is 16.1. The number of nitrogens with one attached hydrogen (secondary N) is 2. The van der Waals surface area contributed by atoms with E-state index in [9.17, 15) is 19.1 Å². The number of rotatable bonds is 8. The molecule has 3 aromatic carbocycles. The Labute approximate surface area is 263 Å². The Morgan fingerprint density at radius 1 is 1.02 bits per heavy atom. The summed E-state index contributed by atoms with van der Waals surface area (Å²) in [5, 5.41) is 16.3. The predicted molar refractivity (Wildman–Crippen MR) is 167 cm³/mol. The second-order valence-corrected chi connectivity index (χ2v) is 13.4. The lowest BCUT2D eigenvalue weighted by molar-refractivity contribution is -0.169. The number of piperazine rings is 1. The lowest BCUT2D eigenvalue weighted by atomic mass is 9.65. The standard InChI is InChI=1S/C36H41F2N3O4/c1-6-21(2)31-33(44)40-30(24-17-22-11-7-8-12-23(22)18-24)34(45)41(31)36(35(3,4)5,27-16-15-25(37)19-28(27)38)20-39-32(43)26-13-9-10-14-29(26)42/h7-16,19,21,24,30-31,42H,6,17-18,20H2,1-5H3,(H,39,43)(H,40,44)/t21-,30-,31-,36?/m1/s1. The van der Waals surface area contributed by atoms with Crippen molar-refractivity contribution < 1.29 is 28.3 Å². The van der Waals surface area contributed by atoms with Crippen LogP contribution in [0.1, 0.15) is 68.1 Å². The summed E-state index contributed by atoms with van der Waals surface area (Å²) in [4.78, 5) is 44.2. The van der Waals surface area contributed by atoms with Crippen LogP contribution in [0.5, 0.6) is 5.75 Å². The second-order valence-electron chi connectivity index (χ2n) is 13.4. The number of phenols is 1. The Hall–Kier alpha value is -4.27. The maximum absolute atomic E-state index is 16.1. The monoisotopic (exact) mass is 617 g/mol. The zero-order valence-electron chi connectivity index (χ0n) is 26.4. The first-order chi connectivity index (χ1) is 21.3. The largest absolute Gasteiger partial charge is 0.507 e. The number of nitrogens with zero attached hydrogens (tertiary/aromatic N) is 1. The van der Waals surface area contributed by atoms with Crippen LogP contribution >= 0.6 is 0 Å². The van der Waals surface area contributed by atoms with Gasteiger partial charge >= 0.3 is 0 Å². The molecule has 9 heteroatoms. The number of fused-ring (bicyclic) bond motifs is 1. The molecule has 1 unspecified atom stereocenters. The highest BCUT2D eigenvalue weighted by atomic mass is 19.1. The Bertz CT molecular complexity index is 1590. The highest BCUT2D eigenvalue weighted by molar-refractivity contribution is 5.99. The average molecular weight is 618 g/mol. The molecular weight excluding hydrogens is 576 g/mol. The smallest absolute Gasteiger partial charge is 0.255 e. The SMILES string of the molecule is CC[C@@H](C)[C@@H]1C(=O)N[C@H](C2Cc3ccccc3C2)C(=O)N1C(CNC(=O)c1ccccc1O)(c1ccc(F)cc1F)C(C)(C)C. The van der Waals surface area contributed by atoms with Gasteiger partial charge in [-0.3, -0.25) is 14.4 Å². The number of hydrogen-bond acceptors (Lipinski definition) is 4. The van der Waals surface area contributed by atoms with Crippen LogP contribution in [0.3, 0.4) is 0 Å². The number of carbonyl (C=O) groups excluding carboxylic acids is 3. The highest BCUT2D eigenvalue weighted by Gasteiger charge is 2.59. The molecule has 238 valence electrons. The minimum atomic E-state index is -1.66. The number of benzene rings is 3. The van der Waals surface area contributed by atoms with Crippen LogP contribution in [0.15, 0.2) is 66.7 Å². The van der Waals surface area contributed by atoms with Crippen LogP contribution in [-0.4, -0.2) is 46.4 Å². The van der Waals surface area contributed by atoms with Gasteiger partial charge in [-0.1, -0.05) is 83.5 Å². The number of carbonyl (C=O) groups is 3. The van der Waals surface area contributed by atoms with Gasteiger partial charge in [0.15, 0.2) is 0 Å². The molecule has 1 saturated heterocycles. The molecule has 0 spiro atoms. The quantitative estimate of drug-likeness (QED) is 0.311. The van der Waals surface area contributed by atoms with Crippen molar-refractivity contribution in [3.63, 3.8) is 0 Å². The summed E-state index contributed by atoms with van der Waals surface area (Å²) in [6.45, 7) is 8.92. The fraction of sp³-hybridized carbons (Fsp3) is 0.417. The molecule has 4 atom stereocenters. The van der Waals surface area contributed by atoms with E-state index in [0.29, 0.717) is 19.3 Å². The van der Waals surface area contributed by atoms with Crippen LogP contribution < -0.4 is 10.6 Å².